The maximum absolute atomic E-state index is 11.9. The Morgan fingerprint density at radius 2 is 2.00 bits per heavy atom. The standard InChI is InChI=1S/C17H30N6O3/c1-3-7-16(25)20-13(2)17(26)19-10-5-4-6-11-23-12-14(21-22-23)8-9-15(18)24/h12-13H,3-11H2,1-2H3,(H2,18,24)(H,19,26)(H,20,25)/t13-/m1/s1. The van der Waals surface area contributed by atoms with Crippen molar-refractivity contribution in [1.82, 2.24) is 25.6 Å². The number of carbonyl (C=O) groups excluding carboxylic acids is 3. The lowest BCUT2D eigenvalue weighted by molar-refractivity contribution is -0.128. The van der Waals surface area contributed by atoms with E-state index in [1.165, 1.54) is 0 Å². The van der Waals surface area contributed by atoms with Gasteiger partial charge in [-0.25, -0.2) is 0 Å². The number of primary amides is 1. The van der Waals surface area contributed by atoms with Gasteiger partial charge in [0.05, 0.1) is 5.69 Å². The lowest BCUT2D eigenvalue weighted by atomic mass is 10.2. The zero-order valence-corrected chi connectivity index (χ0v) is 15.7. The van der Waals surface area contributed by atoms with Gasteiger partial charge in [-0.05, 0) is 32.6 Å². The van der Waals surface area contributed by atoms with Crippen LogP contribution in [-0.4, -0.2) is 45.3 Å². The SMILES string of the molecule is CCCC(=O)N[C@H](C)C(=O)NCCCCCn1cc(CCC(N)=O)nn1. The Bertz CT molecular complexity index is 587. The Hall–Kier alpha value is -2.45. The normalized spacial score (nSPS) is 11.8. The Morgan fingerprint density at radius 3 is 2.69 bits per heavy atom. The van der Waals surface area contributed by atoms with Gasteiger partial charge in [-0.3, -0.25) is 19.1 Å². The summed E-state index contributed by atoms with van der Waals surface area (Å²) in [7, 11) is 0. The first-order valence-electron chi connectivity index (χ1n) is 9.16. The number of aromatic nitrogens is 3. The van der Waals surface area contributed by atoms with E-state index in [0.29, 0.717) is 19.4 Å². The molecule has 9 nitrogen and oxygen atoms in total. The van der Waals surface area contributed by atoms with Gasteiger partial charge in [0, 0.05) is 38.5 Å². The topological polar surface area (TPSA) is 132 Å². The van der Waals surface area contributed by atoms with Gasteiger partial charge in [0.25, 0.3) is 0 Å². The summed E-state index contributed by atoms with van der Waals surface area (Å²) in [5.41, 5.74) is 5.87. The van der Waals surface area contributed by atoms with Crippen LogP contribution < -0.4 is 16.4 Å². The summed E-state index contributed by atoms with van der Waals surface area (Å²) in [5.74, 6) is -0.608. The largest absolute Gasteiger partial charge is 0.370 e. The minimum Gasteiger partial charge on any atom is -0.370 e. The van der Waals surface area contributed by atoms with E-state index in [9.17, 15) is 14.4 Å². The van der Waals surface area contributed by atoms with Crippen molar-refractivity contribution in [3.8, 4) is 0 Å². The van der Waals surface area contributed by atoms with Crippen molar-refractivity contribution in [2.24, 2.45) is 5.73 Å². The molecule has 0 unspecified atom stereocenters. The number of carbonyl (C=O) groups is 3. The Labute approximate surface area is 154 Å². The Balaban J connectivity index is 2.11. The molecule has 0 aliphatic carbocycles. The molecular weight excluding hydrogens is 336 g/mol. The summed E-state index contributed by atoms with van der Waals surface area (Å²) in [5, 5.41) is 13.5. The lowest BCUT2D eigenvalue weighted by Crippen LogP contribution is -2.44. The molecule has 1 aromatic rings. The summed E-state index contributed by atoms with van der Waals surface area (Å²) in [4.78, 5) is 34.1. The Kier molecular flexibility index (Phi) is 9.96. The molecule has 0 aliphatic rings. The molecule has 0 aliphatic heterocycles. The van der Waals surface area contributed by atoms with Gasteiger partial charge in [-0.2, -0.15) is 0 Å². The fraction of sp³-hybridized carbons (Fsp3) is 0.706. The van der Waals surface area contributed by atoms with Gasteiger partial charge in [-0.15, -0.1) is 5.10 Å². The molecule has 0 fully saturated rings. The van der Waals surface area contributed by atoms with Gasteiger partial charge < -0.3 is 16.4 Å². The third-order valence-electron chi connectivity index (χ3n) is 3.82. The molecule has 0 saturated carbocycles. The van der Waals surface area contributed by atoms with E-state index in [1.54, 1.807) is 11.6 Å². The lowest BCUT2D eigenvalue weighted by Gasteiger charge is -2.13. The maximum Gasteiger partial charge on any atom is 0.242 e. The van der Waals surface area contributed by atoms with Crippen LogP contribution in [0.1, 0.15) is 58.1 Å². The van der Waals surface area contributed by atoms with E-state index in [-0.39, 0.29) is 24.1 Å². The van der Waals surface area contributed by atoms with Gasteiger partial charge in [0.15, 0.2) is 0 Å². The average Bonchev–Trinajstić information content (AvgIpc) is 3.03. The molecule has 4 N–H and O–H groups in total. The highest BCUT2D eigenvalue weighted by molar-refractivity contribution is 5.87. The fourth-order valence-electron chi connectivity index (χ4n) is 2.36. The summed E-state index contributed by atoms with van der Waals surface area (Å²) >= 11 is 0. The van der Waals surface area contributed by atoms with Gasteiger partial charge in [0.1, 0.15) is 6.04 Å². The highest BCUT2D eigenvalue weighted by Crippen LogP contribution is 2.01. The second-order valence-corrected chi connectivity index (χ2v) is 6.33. The highest BCUT2D eigenvalue weighted by atomic mass is 16.2. The van der Waals surface area contributed by atoms with Crippen molar-refractivity contribution in [3.05, 3.63) is 11.9 Å². The monoisotopic (exact) mass is 366 g/mol. The first-order chi connectivity index (χ1) is 12.4. The van der Waals surface area contributed by atoms with Crippen molar-refractivity contribution in [2.75, 3.05) is 6.54 Å². The number of hydrogen-bond donors (Lipinski definition) is 3. The van der Waals surface area contributed by atoms with Crippen LogP contribution in [-0.2, 0) is 27.3 Å². The molecule has 26 heavy (non-hydrogen) atoms. The number of amides is 3. The van der Waals surface area contributed by atoms with Gasteiger partial charge in [0.2, 0.25) is 17.7 Å². The third-order valence-corrected chi connectivity index (χ3v) is 3.82. The molecule has 146 valence electrons. The van der Waals surface area contributed by atoms with Crippen LogP contribution >= 0.6 is 0 Å². The van der Waals surface area contributed by atoms with Crippen molar-refractivity contribution in [2.45, 2.75) is 71.4 Å². The minimum atomic E-state index is -0.511. The van der Waals surface area contributed by atoms with Crippen LogP contribution in [0.2, 0.25) is 0 Å². The molecule has 3 amide bonds. The van der Waals surface area contributed by atoms with E-state index in [4.69, 9.17) is 5.73 Å². The second-order valence-electron chi connectivity index (χ2n) is 6.33. The van der Waals surface area contributed by atoms with Crippen molar-refractivity contribution >= 4 is 17.7 Å². The maximum atomic E-state index is 11.9. The molecule has 0 aromatic carbocycles. The second kappa shape index (κ2) is 12.0. The average molecular weight is 366 g/mol. The minimum absolute atomic E-state index is 0.0989. The number of hydrogen-bond acceptors (Lipinski definition) is 5. The quantitative estimate of drug-likeness (QED) is 0.432. The summed E-state index contributed by atoms with van der Waals surface area (Å²) in [6, 6.07) is -0.511. The Morgan fingerprint density at radius 1 is 1.23 bits per heavy atom. The van der Waals surface area contributed by atoms with E-state index >= 15 is 0 Å². The molecule has 0 radical (unpaired) electrons. The van der Waals surface area contributed by atoms with Gasteiger partial charge >= 0.3 is 0 Å². The molecule has 1 rings (SSSR count). The molecule has 0 spiro atoms. The third kappa shape index (κ3) is 9.14. The van der Waals surface area contributed by atoms with Crippen LogP contribution in [0.3, 0.4) is 0 Å². The van der Waals surface area contributed by atoms with Gasteiger partial charge in [-0.1, -0.05) is 12.1 Å². The zero-order chi connectivity index (χ0) is 19.4. The molecule has 1 heterocycles. The molecule has 9 heteroatoms. The smallest absolute Gasteiger partial charge is 0.242 e. The first kappa shape index (κ1) is 21.6. The highest BCUT2D eigenvalue weighted by Gasteiger charge is 2.14. The van der Waals surface area contributed by atoms with E-state index in [0.717, 1.165) is 37.9 Å². The van der Waals surface area contributed by atoms with Crippen LogP contribution in [0.5, 0.6) is 0 Å². The van der Waals surface area contributed by atoms with Crippen LogP contribution in [0, 0.1) is 0 Å². The van der Waals surface area contributed by atoms with Crippen molar-refractivity contribution in [1.29, 1.82) is 0 Å². The number of nitrogens with one attached hydrogen (secondary N) is 2. The number of unbranched alkanes of at least 4 members (excludes halogenated alkanes) is 2. The van der Waals surface area contributed by atoms with E-state index < -0.39 is 6.04 Å². The predicted molar refractivity (Wildman–Crippen MR) is 96.9 cm³/mol. The van der Waals surface area contributed by atoms with Crippen molar-refractivity contribution in [3.63, 3.8) is 0 Å². The number of nitrogens with zero attached hydrogens (tertiary/aromatic N) is 3. The molecule has 1 atom stereocenters. The number of aryl methyl sites for hydroxylation is 2. The predicted octanol–water partition coefficient (Wildman–Crippen LogP) is 0.287. The van der Waals surface area contributed by atoms with Crippen molar-refractivity contribution < 1.29 is 14.4 Å². The molecule has 1 aromatic heterocycles. The number of nitrogens with two attached hydrogens (primary N) is 1. The first-order valence-corrected chi connectivity index (χ1v) is 9.16. The summed E-state index contributed by atoms with van der Waals surface area (Å²) in [6.45, 7) is 4.92. The van der Waals surface area contributed by atoms with E-state index in [2.05, 4.69) is 20.9 Å². The van der Waals surface area contributed by atoms with Crippen LogP contribution in [0.4, 0.5) is 0 Å². The number of rotatable bonds is 13. The molecule has 0 bridgehead atoms. The fourth-order valence-corrected chi connectivity index (χ4v) is 2.36. The van der Waals surface area contributed by atoms with Crippen LogP contribution in [0.15, 0.2) is 6.20 Å². The molecule has 0 saturated heterocycles. The van der Waals surface area contributed by atoms with E-state index in [1.807, 2.05) is 13.1 Å². The summed E-state index contributed by atoms with van der Waals surface area (Å²) in [6.07, 6.45) is 6.51. The zero-order valence-electron chi connectivity index (χ0n) is 15.7. The summed E-state index contributed by atoms with van der Waals surface area (Å²) < 4.78 is 1.75. The van der Waals surface area contributed by atoms with Crippen LogP contribution in [0.25, 0.3) is 0 Å². The molecular formula is C17H30N6O3.